The van der Waals surface area contributed by atoms with Crippen molar-refractivity contribution in [1.82, 2.24) is 4.98 Å². The van der Waals surface area contributed by atoms with Gasteiger partial charge in [-0.1, -0.05) is 36.4 Å². The molecule has 0 N–H and O–H groups in total. The summed E-state index contributed by atoms with van der Waals surface area (Å²) in [5.41, 5.74) is 1.07. The van der Waals surface area contributed by atoms with Crippen molar-refractivity contribution < 1.29 is 0 Å². The highest BCUT2D eigenvalue weighted by Crippen LogP contribution is 2.24. The molecular formula is C14H11N. The van der Waals surface area contributed by atoms with Gasteiger partial charge in [0.05, 0.1) is 0 Å². The highest BCUT2D eigenvalue weighted by atomic mass is 14.6. The second-order valence-electron chi connectivity index (χ2n) is 3.83. The average molecular weight is 193 g/mol. The molecule has 0 fully saturated rings. The van der Waals surface area contributed by atoms with Gasteiger partial charge in [0.25, 0.3) is 0 Å². The van der Waals surface area contributed by atoms with Gasteiger partial charge in [0.1, 0.15) is 0 Å². The van der Waals surface area contributed by atoms with Gasteiger partial charge in [-0.2, -0.15) is 0 Å². The van der Waals surface area contributed by atoms with E-state index < -0.39 is 0 Å². The zero-order valence-corrected chi connectivity index (χ0v) is 8.57. The summed E-state index contributed by atoms with van der Waals surface area (Å²) in [6, 6.07) is 14.9. The number of fused-ring (bicyclic) bond motifs is 3. The van der Waals surface area contributed by atoms with Crippen LogP contribution in [0.15, 0.2) is 48.7 Å². The molecule has 1 nitrogen and oxygen atoms in total. The molecule has 3 rings (SSSR count). The van der Waals surface area contributed by atoms with Gasteiger partial charge in [-0.15, -0.1) is 0 Å². The Morgan fingerprint density at radius 1 is 0.867 bits per heavy atom. The summed E-state index contributed by atoms with van der Waals surface area (Å²) < 4.78 is 0. The van der Waals surface area contributed by atoms with E-state index >= 15 is 0 Å². The smallest absolute Gasteiger partial charge is 0.0379 e. The molecule has 0 amide bonds. The van der Waals surface area contributed by atoms with Crippen LogP contribution in [-0.2, 0) is 0 Å². The molecule has 2 aromatic carbocycles. The van der Waals surface area contributed by atoms with Crippen molar-refractivity contribution in [3.05, 3.63) is 54.4 Å². The standard InChI is InChI=1S/C14H11N/c1-10-8-14-12(9-15-10)7-6-11-4-2-3-5-13(11)14/h2-9H,1H3. The minimum atomic E-state index is 1.07. The second kappa shape index (κ2) is 3.06. The van der Waals surface area contributed by atoms with Crippen LogP contribution in [0, 0.1) is 6.92 Å². The molecule has 0 bridgehead atoms. The van der Waals surface area contributed by atoms with E-state index in [0.717, 1.165) is 5.69 Å². The quantitative estimate of drug-likeness (QED) is 0.496. The van der Waals surface area contributed by atoms with E-state index in [1.165, 1.54) is 21.5 Å². The van der Waals surface area contributed by atoms with Gasteiger partial charge < -0.3 is 0 Å². The van der Waals surface area contributed by atoms with Crippen molar-refractivity contribution in [2.24, 2.45) is 0 Å². The molecule has 0 aliphatic heterocycles. The summed E-state index contributed by atoms with van der Waals surface area (Å²) in [7, 11) is 0. The lowest BCUT2D eigenvalue weighted by molar-refractivity contribution is 1.23. The number of aryl methyl sites for hydroxylation is 1. The number of benzene rings is 2. The molecule has 1 aromatic heterocycles. The lowest BCUT2D eigenvalue weighted by Crippen LogP contribution is -1.82. The molecule has 0 saturated carbocycles. The Kier molecular flexibility index (Phi) is 1.72. The molecule has 0 saturated heterocycles. The predicted octanol–water partition coefficient (Wildman–Crippen LogP) is 3.70. The Morgan fingerprint density at radius 2 is 1.67 bits per heavy atom. The Morgan fingerprint density at radius 3 is 2.60 bits per heavy atom. The molecule has 1 heterocycles. The van der Waals surface area contributed by atoms with Gasteiger partial charge in [0, 0.05) is 17.3 Å². The number of nitrogens with zero attached hydrogens (tertiary/aromatic N) is 1. The van der Waals surface area contributed by atoms with Gasteiger partial charge in [0.2, 0.25) is 0 Å². The van der Waals surface area contributed by atoms with Crippen LogP contribution in [0.5, 0.6) is 0 Å². The monoisotopic (exact) mass is 193 g/mol. The molecule has 3 aromatic rings. The number of rotatable bonds is 0. The maximum Gasteiger partial charge on any atom is 0.0379 e. The molecule has 0 atom stereocenters. The van der Waals surface area contributed by atoms with Crippen molar-refractivity contribution in [2.75, 3.05) is 0 Å². The zero-order valence-electron chi connectivity index (χ0n) is 8.57. The first-order chi connectivity index (χ1) is 7.34. The number of hydrogen-bond donors (Lipinski definition) is 0. The predicted molar refractivity (Wildman–Crippen MR) is 64.0 cm³/mol. The summed E-state index contributed by atoms with van der Waals surface area (Å²) >= 11 is 0. The molecule has 0 aliphatic rings. The molecule has 0 radical (unpaired) electrons. The third-order valence-electron chi connectivity index (χ3n) is 2.76. The normalized spacial score (nSPS) is 11.0. The summed E-state index contributed by atoms with van der Waals surface area (Å²) in [5, 5.41) is 5.09. The minimum Gasteiger partial charge on any atom is -0.261 e. The van der Waals surface area contributed by atoms with Crippen molar-refractivity contribution in [2.45, 2.75) is 6.92 Å². The van der Waals surface area contributed by atoms with Crippen LogP contribution < -0.4 is 0 Å². The first-order valence-electron chi connectivity index (χ1n) is 5.09. The first kappa shape index (κ1) is 8.42. The van der Waals surface area contributed by atoms with E-state index in [1.807, 2.05) is 13.1 Å². The molecule has 72 valence electrons. The molecule has 1 heteroatoms. The Labute approximate surface area is 88.4 Å². The third-order valence-corrected chi connectivity index (χ3v) is 2.76. The van der Waals surface area contributed by atoms with Crippen LogP contribution in [0.1, 0.15) is 5.69 Å². The summed E-state index contributed by atoms with van der Waals surface area (Å²) in [6.07, 6.45) is 1.94. The lowest BCUT2D eigenvalue weighted by Gasteiger charge is -2.03. The van der Waals surface area contributed by atoms with Gasteiger partial charge in [-0.3, -0.25) is 4.98 Å². The van der Waals surface area contributed by atoms with Crippen LogP contribution in [-0.4, -0.2) is 4.98 Å². The van der Waals surface area contributed by atoms with E-state index in [2.05, 4.69) is 47.4 Å². The molecule has 15 heavy (non-hydrogen) atoms. The summed E-state index contributed by atoms with van der Waals surface area (Å²) in [5.74, 6) is 0. The highest BCUT2D eigenvalue weighted by molar-refractivity contribution is 6.07. The fourth-order valence-corrected chi connectivity index (χ4v) is 2.00. The van der Waals surface area contributed by atoms with Crippen molar-refractivity contribution >= 4 is 21.5 Å². The van der Waals surface area contributed by atoms with Crippen molar-refractivity contribution in [3.8, 4) is 0 Å². The fraction of sp³-hybridized carbons (Fsp3) is 0.0714. The number of hydrogen-bond acceptors (Lipinski definition) is 1. The van der Waals surface area contributed by atoms with E-state index in [0.29, 0.717) is 0 Å². The summed E-state index contributed by atoms with van der Waals surface area (Å²) in [4.78, 5) is 4.31. The maximum atomic E-state index is 4.31. The Hall–Kier alpha value is -1.89. The van der Waals surface area contributed by atoms with Crippen molar-refractivity contribution in [1.29, 1.82) is 0 Å². The number of pyridine rings is 1. The van der Waals surface area contributed by atoms with Crippen molar-refractivity contribution in [3.63, 3.8) is 0 Å². The van der Waals surface area contributed by atoms with Crippen LogP contribution in [0.2, 0.25) is 0 Å². The molecular weight excluding hydrogens is 182 g/mol. The maximum absolute atomic E-state index is 4.31. The fourth-order valence-electron chi connectivity index (χ4n) is 2.00. The Balaban J connectivity index is 2.57. The van der Waals surface area contributed by atoms with Gasteiger partial charge in [0.15, 0.2) is 0 Å². The van der Waals surface area contributed by atoms with Crippen LogP contribution in [0.3, 0.4) is 0 Å². The Bertz CT molecular complexity index is 641. The number of aromatic nitrogens is 1. The van der Waals surface area contributed by atoms with Gasteiger partial charge in [-0.05, 0) is 29.1 Å². The van der Waals surface area contributed by atoms with Crippen LogP contribution in [0.25, 0.3) is 21.5 Å². The topological polar surface area (TPSA) is 12.9 Å². The van der Waals surface area contributed by atoms with Crippen LogP contribution in [0.4, 0.5) is 0 Å². The summed E-state index contributed by atoms with van der Waals surface area (Å²) in [6.45, 7) is 2.03. The van der Waals surface area contributed by atoms with E-state index in [1.54, 1.807) is 0 Å². The minimum absolute atomic E-state index is 1.07. The molecule has 0 spiro atoms. The van der Waals surface area contributed by atoms with E-state index in [4.69, 9.17) is 0 Å². The lowest BCUT2D eigenvalue weighted by atomic mass is 10.0. The first-order valence-corrected chi connectivity index (χ1v) is 5.09. The van der Waals surface area contributed by atoms with E-state index in [9.17, 15) is 0 Å². The van der Waals surface area contributed by atoms with Gasteiger partial charge >= 0.3 is 0 Å². The zero-order chi connectivity index (χ0) is 10.3. The molecule has 0 aliphatic carbocycles. The van der Waals surface area contributed by atoms with Crippen LogP contribution >= 0.6 is 0 Å². The SMILES string of the molecule is Cc1cc2c(ccc3ccccc32)cn1. The largest absolute Gasteiger partial charge is 0.261 e. The average Bonchev–Trinajstić information content (AvgIpc) is 2.29. The second-order valence-corrected chi connectivity index (χ2v) is 3.83. The molecule has 0 unspecified atom stereocenters. The van der Waals surface area contributed by atoms with E-state index in [-0.39, 0.29) is 0 Å². The van der Waals surface area contributed by atoms with Gasteiger partial charge in [-0.25, -0.2) is 0 Å². The third kappa shape index (κ3) is 1.28. The highest BCUT2D eigenvalue weighted by Gasteiger charge is 1.99.